The number of aromatic nitrogens is 2. The maximum Gasteiger partial charge on any atom is 0.233 e. The lowest BCUT2D eigenvalue weighted by atomic mass is 10.1. The van der Waals surface area contributed by atoms with Crippen LogP contribution < -0.4 is 14.8 Å². The molecule has 0 bridgehead atoms. The Labute approximate surface area is 155 Å². The summed E-state index contributed by atoms with van der Waals surface area (Å²) in [5.41, 5.74) is 0.987. The van der Waals surface area contributed by atoms with Gasteiger partial charge in [0.25, 0.3) is 0 Å². The smallest absolute Gasteiger partial charge is 0.233 e. The Morgan fingerprint density at radius 3 is 2.88 bits per heavy atom. The summed E-state index contributed by atoms with van der Waals surface area (Å²) in [4.78, 5) is 20.4. The average Bonchev–Trinajstić information content (AvgIpc) is 2.62. The van der Waals surface area contributed by atoms with Gasteiger partial charge in [0.15, 0.2) is 16.7 Å². The number of benzene rings is 1. The lowest BCUT2D eigenvalue weighted by Gasteiger charge is -2.20. The van der Waals surface area contributed by atoms with Crippen LogP contribution in [0.1, 0.15) is 12.5 Å². The zero-order valence-electron chi connectivity index (χ0n) is 13.7. The highest BCUT2D eigenvalue weighted by Gasteiger charge is 2.18. The van der Waals surface area contributed by atoms with E-state index >= 15 is 0 Å². The molecule has 3 rings (SSSR count). The summed E-state index contributed by atoms with van der Waals surface area (Å²) in [6, 6.07) is 5.49. The summed E-state index contributed by atoms with van der Waals surface area (Å²) in [6.45, 7) is 3.36. The number of amides is 1. The Bertz CT molecular complexity index is 745. The van der Waals surface area contributed by atoms with Gasteiger partial charge in [0.05, 0.1) is 10.3 Å². The number of nitrogens with zero attached hydrogens (tertiary/aromatic N) is 2. The molecule has 1 N–H and O–H groups in total. The highest BCUT2D eigenvalue weighted by atomic mass is 35.5. The van der Waals surface area contributed by atoms with Gasteiger partial charge in [-0.05, 0) is 37.1 Å². The molecule has 1 unspecified atom stereocenters. The van der Waals surface area contributed by atoms with E-state index in [1.165, 1.54) is 11.8 Å². The van der Waals surface area contributed by atoms with Gasteiger partial charge in [0.1, 0.15) is 13.2 Å². The summed E-state index contributed by atoms with van der Waals surface area (Å²) in [5, 5.41) is 3.77. The van der Waals surface area contributed by atoms with Crippen molar-refractivity contribution in [3.63, 3.8) is 0 Å². The summed E-state index contributed by atoms with van der Waals surface area (Å²) >= 11 is 7.55. The maximum atomic E-state index is 12.2. The van der Waals surface area contributed by atoms with E-state index in [9.17, 15) is 4.79 Å². The van der Waals surface area contributed by atoms with Crippen molar-refractivity contribution >= 4 is 29.3 Å². The molecule has 25 heavy (non-hydrogen) atoms. The third-order valence-corrected chi connectivity index (χ3v) is 4.83. The number of carbonyl (C=O) groups excluding carboxylic acids is 1. The Morgan fingerprint density at radius 1 is 1.32 bits per heavy atom. The number of nitrogens with one attached hydrogen (secondary N) is 1. The van der Waals surface area contributed by atoms with Crippen LogP contribution in [-0.2, 0) is 11.2 Å². The fourth-order valence-corrected chi connectivity index (χ4v) is 3.38. The molecule has 8 heteroatoms. The topological polar surface area (TPSA) is 73.3 Å². The molecule has 1 aromatic heterocycles. The van der Waals surface area contributed by atoms with E-state index in [0.717, 1.165) is 5.56 Å². The quantitative estimate of drug-likeness (QED) is 0.614. The first-order valence-electron chi connectivity index (χ1n) is 7.93. The molecule has 6 nitrogen and oxygen atoms in total. The van der Waals surface area contributed by atoms with Gasteiger partial charge in [-0.1, -0.05) is 23.4 Å². The molecule has 0 fully saturated rings. The number of fused-ring (bicyclic) bond motifs is 1. The van der Waals surface area contributed by atoms with Gasteiger partial charge in [-0.25, -0.2) is 9.97 Å². The van der Waals surface area contributed by atoms with E-state index in [4.69, 9.17) is 21.1 Å². The molecule has 2 heterocycles. The molecule has 0 radical (unpaired) electrons. The summed E-state index contributed by atoms with van der Waals surface area (Å²) in [6.07, 6.45) is 3.97. The van der Waals surface area contributed by atoms with Crippen LogP contribution in [0.2, 0.25) is 5.02 Å². The molecule has 1 amide bonds. The third-order valence-electron chi connectivity index (χ3n) is 3.56. The molecule has 1 aliphatic heterocycles. The molecule has 132 valence electrons. The fraction of sp³-hybridized carbons (Fsp3) is 0.353. The van der Waals surface area contributed by atoms with Gasteiger partial charge in [0, 0.05) is 18.9 Å². The number of rotatable bonds is 6. The van der Waals surface area contributed by atoms with Crippen molar-refractivity contribution in [1.29, 1.82) is 0 Å². The average molecular weight is 380 g/mol. The third kappa shape index (κ3) is 4.76. The van der Waals surface area contributed by atoms with E-state index < -0.39 is 0 Å². The lowest BCUT2D eigenvalue weighted by molar-refractivity contribution is -0.120. The van der Waals surface area contributed by atoms with Crippen molar-refractivity contribution < 1.29 is 14.3 Å². The van der Waals surface area contributed by atoms with Gasteiger partial charge in [-0.15, -0.1) is 0 Å². The molecule has 1 aliphatic rings. The molecule has 0 saturated heterocycles. The maximum absolute atomic E-state index is 12.2. The van der Waals surface area contributed by atoms with Crippen LogP contribution in [0.15, 0.2) is 35.7 Å². The molecular weight excluding hydrogens is 362 g/mol. The molecule has 0 spiro atoms. The van der Waals surface area contributed by atoms with Crippen molar-refractivity contribution in [2.24, 2.45) is 0 Å². The highest BCUT2D eigenvalue weighted by molar-refractivity contribution is 8.00. The van der Waals surface area contributed by atoms with E-state index in [1.807, 2.05) is 19.1 Å². The minimum absolute atomic E-state index is 0.0545. The van der Waals surface area contributed by atoms with Gasteiger partial charge in [0.2, 0.25) is 5.91 Å². The SMILES string of the molecule is CC(Sc1ncccn1)C(=O)NCCc1cc(Cl)c2c(c1)OCCO2. The van der Waals surface area contributed by atoms with Crippen molar-refractivity contribution in [2.45, 2.75) is 23.8 Å². The first kappa shape index (κ1) is 17.8. The van der Waals surface area contributed by atoms with Gasteiger partial charge in [-0.2, -0.15) is 0 Å². The van der Waals surface area contributed by atoms with Crippen molar-refractivity contribution in [1.82, 2.24) is 15.3 Å². The second-order valence-electron chi connectivity index (χ2n) is 5.43. The summed E-state index contributed by atoms with van der Waals surface area (Å²) in [7, 11) is 0. The first-order valence-corrected chi connectivity index (χ1v) is 9.18. The Morgan fingerprint density at radius 2 is 2.08 bits per heavy atom. The standard InChI is InChI=1S/C17H18ClN3O3S/c1-11(25-17-20-4-2-5-21-17)16(22)19-6-3-12-9-13(18)15-14(10-12)23-7-8-24-15/h2,4-5,9-11H,3,6-8H2,1H3,(H,19,22). The first-order chi connectivity index (χ1) is 12.1. The van der Waals surface area contributed by atoms with Gasteiger partial charge >= 0.3 is 0 Å². The van der Waals surface area contributed by atoms with Crippen LogP contribution in [0.4, 0.5) is 0 Å². The second-order valence-corrected chi connectivity index (χ2v) is 7.15. The molecule has 2 aromatic rings. The number of hydrogen-bond acceptors (Lipinski definition) is 6. The van der Waals surface area contributed by atoms with Crippen LogP contribution in [-0.4, -0.2) is 40.9 Å². The summed E-state index contributed by atoms with van der Waals surface area (Å²) in [5.74, 6) is 1.19. The molecule has 1 atom stereocenters. The fourth-order valence-electron chi connectivity index (χ4n) is 2.34. The monoisotopic (exact) mass is 379 g/mol. The zero-order chi connectivity index (χ0) is 17.6. The van der Waals surface area contributed by atoms with Crippen LogP contribution in [0.25, 0.3) is 0 Å². The van der Waals surface area contributed by atoms with Crippen molar-refractivity contribution in [2.75, 3.05) is 19.8 Å². The minimum atomic E-state index is -0.272. The number of carbonyl (C=O) groups is 1. The minimum Gasteiger partial charge on any atom is -0.486 e. The van der Waals surface area contributed by atoms with Crippen molar-refractivity contribution in [3.05, 3.63) is 41.2 Å². The lowest BCUT2D eigenvalue weighted by Crippen LogP contribution is -2.32. The van der Waals surface area contributed by atoms with Gasteiger partial charge < -0.3 is 14.8 Å². The van der Waals surface area contributed by atoms with Crippen LogP contribution in [0.5, 0.6) is 11.5 Å². The van der Waals surface area contributed by atoms with E-state index in [1.54, 1.807) is 18.5 Å². The Kier molecular flexibility index (Phi) is 5.99. The number of thioether (sulfide) groups is 1. The molecule has 0 saturated carbocycles. The predicted molar refractivity (Wildman–Crippen MR) is 96.5 cm³/mol. The molecule has 0 aliphatic carbocycles. The highest BCUT2D eigenvalue weighted by Crippen LogP contribution is 2.38. The van der Waals surface area contributed by atoms with Gasteiger partial charge in [-0.3, -0.25) is 4.79 Å². The zero-order valence-corrected chi connectivity index (χ0v) is 15.3. The molecule has 1 aromatic carbocycles. The molecular formula is C17H18ClN3O3S. The Hall–Kier alpha value is -1.99. The number of ether oxygens (including phenoxy) is 2. The largest absolute Gasteiger partial charge is 0.486 e. The predicted octanol–water partition coefficient (Wildman–Crippen LogP) is 2.74. The number of hydrogen-bond donors (Lipinski definition) is 1. The number of halogens is 1. The van der Waals surface area contributed by atoms with E-state index in [2.05, 4.69) is 15.3 Å². The van der Waals surface area contributed by atoms with Crippen LogP contribution in [0, 0.1) is 0 Å². The normalized spacial score (nSPS) is 14.0. The summed E-state index contributed by atoms with van der Waals surface area (Å²) < 4.78 is 11.1. The van der Waals surface area contributed by atoms with E-state index in [0.29, 0.717) is 47.9 Å². The van der Waals surface area contributed by atoms with Crippen molar-refractivity contribution in [3.8, 4) is 11.5 Å². The Balaban J connectivity index is 1.50. The van der Waals surface area contributed by atoms with Crippen LogP contribution in [0.3, 0.4) is 0 Å². The second kappa shape index (κ2) is 8.40. The van der Waals surface area contributed by atoms with E-state index in [-0.39, 0.29) is 11.2 Å². The van der Waals surface area contributed by atoms with Crippen LogP contribution >= 0.6 is 23.4 Å².